The van der Waals surface area contributed by atoms with Gasteiger partial charge >= 0.3 is 0 Å². The Labute approximate surface area is 130 Å². The number of fused-ring (bicyclic) bond motifs is 1. The highest BCUT2D eigenvalue weighted by molar-refractivity contribution is 7.98. The van der Waals surface area contributed by atoms with Crippen molar-refractivity contribution >= 4 is 40.0 Å². The summed E-state index contributed by atoms with van der Waals surface area (Å²) in [6.45, 7) is 2.23. The second-order valence-corrected chi connectivity index (χ2v) is 6.09. The highest BCUT2D eigenvalue weighted by Gasteiger charge is 2.17. The first kappa shape index (κ1) is 15.5. The Balaban J connectivity index is 2.49. The molecule has 0 aliphatic rings. The second-order valence-electron chi connectivity index (χ2n) is 4.91. The molecule has 0 saturated carbocycles. The summed E-state index contributed by atoms with van der Waals surface area (Å²) in [6.07, 6.45) is 5.18. The van der Waals surface area contributed by atoms with Gasteiger partial charge in [-0.3, -0.25) is 0 Å². The van der Waals surface area contributed by atoms with E-state index in [-0.39, 0.29) is 0 Å². The first-order valence-corrected chi connectivity index (χ1v) is 8.80. The van der Waals surface area contributed by atoms with E-state index < -0.39 is 0 Å². The van der Waals surface area contributed by atoms with E-state index in [1.165, 1.54) is 10.8 Å². The number of rotatable bonds is 6. The van der Waals surface area contributed by atoms with Gasteiger partial charge in [-0.25, -0.2) is 4.98 Å². The average molecular weight is 309 g/mol. The molecule has 0 radical (unpaired) electrons. The van der Waals surface area contributed by atoms with E-state index in [9.17, 15) is 0 Å². The minimum Gasteiger partial charge on any atom is -0.355 e. The largest absolute Gasteiger partial charge is 0.355 e. The Morgan fingerprint density at radius 1 is 1.30 bits per heavy atom. The van der Waals surface area contributed by atoms with E-state index in [0.717, 1.165) is 23.6 Å². The molecule has 0 fully saturated rings. The summed E-state index contributed by atoms with van der Waals surface area (Å²) < 4.78 is 0. The molecule has 1 atom stereocenters. The molecular formula is C16H21ClN2S. The van der Waals surface area contributed by atoms with Crippen LogP contribution >= 0.6 is 23.4 Å². The molecule has 0 aliphatic heterocycles. The van der Waals surface area contributed by atoms with Crippen molar-refractivity contribution in [2.24, 2.45) is 0 Å². The van der Waals surface area contributed by atoms with Crippen LogP contribution in [0.25, 0.3) is 10.8 Å². The number of hydrogen-bond acceptors (Lipinski definition) is 3. The molecule has 1 aromatic carbocycles. The van der Waals surface area contributed by atoms with E-state index in [2.05, 4.69) is 54.4 Å². The molecule has 2 rings (SSSR count). The molecule has 0 bridgehead atoms. The third kappa shape index (κ3) is 3.04. The van der Waals surface area contributed by atoms with E-state index in [1.54, 1.807) is 0 Å². The SMILES string of the molecule is CCC(CSC)N(C)c1ncc(CCl)c2ccccc12. The van der Waals surface area contributed by atoms with Gasteiger partial charge < -0.3 is 4.90 Å². The van der Waals surface area contributed by atoms with Crippen LogP contribution in [0.2, 0.25) is 0 Å². The number of pyridine rings is 1. The lowest BCUT2D eigenvalue weighted by Crippen LogP contribution is -2.33. The molecule has 0 spiro atoms. The third-order valence-electron chi connectivity index (χ3n) is 3.71. The molecule has 2 nitrogen and oxygen atoms in total. The van der Waals surface area contributed by atoms with Crippen LogP contribution in [0.15, 0.2) is 30.5 Å². The molecule has 1 heterocycles. The van der Waals surface area contributed by atoms with Crippen LogP contribution in [-0.4, -0.2) is 30.1 Å². The predicted octanol–water partition coefficient (Wildman–Crippen LogP) is 4.55. The molecular weight excluding hydrogens is 288 g/mol. The maximum atomic E-state index is 6.02. The lowest BCUT2D eigenvalue weighted by Gasteiger charge is -2.29. The van der Waals surface area contributed by atoms with E-state index >= 15 is 0 Å². The van der Waals surface area contributed by atoms with Gasteiger partial charge in [-0.2, -0.15) is 11.8 Å². The standard InChI is InChI=1S/C16H21ClN2S/c1-4-13(11-20-3)19(2)16-15-8-6-5-7-14(15)12(9-17)10-18-16/h5-8,10,13H,4,9,11H2,1-3H3. The lowest BCUT2D eigenvalue weighted by atomic mass is 10.1. The number of nitrogens with zero attached hydrogens (tertiary/aromatic N) is 2. The minimum atomic E-state index is 0.500. The minimum absolute atomic E-state index is 0.500. The van der Waals surface area contributed by atoms with Crippen molar-refractivity contribution in [3.63, 3.8) is 0 Å². The van der Waals surface area contributed by atoms with E-state index in [0.29, 0.717) is 11.9 Å². The Hall–Kier alpha value is -0.930. The number of halogens is 1. The second kappa shape index (κ2) is 7.19. The monoisotopic (exact) mass is 308 g/mol. The van der Waals surface area contributed by atoms with Crippen LogP contribution in [0.3, 0.4) is 0 Å². The van der Waals surface area contributed by atoms with Crippen LogP contribution in [0, 0.1) is 0 Å². The van der Waals surface area contributed by atoms with Crippen LogP contribution < -0.4 is 4.90 Å². The first-order valence-electron chi connectivity index (χ1n) is 6.87. The quantitative estimate of drug-likeness (QED) is 0.728. The van der Waals surface area contributed by atoms with Crippen LogP contribution in [0.5, 0.6) is 0 Å². The number of hydrogen-bond donors (Lipinski definition) is 0. The summed E-state index contributed by atoms with van der Waals surface area (Å²) in [7, 11) is 2.14. The molecule has 0 saturated heterocycles. The van der Waals surface area contributed by atoms with Gasteiger partial charge in [0.1, 0.15) is 5.82 Å². The fourth-order valence-corrected chi connectivity index (χ4v) is 3.55. The van der Waals surface area contributed by atoms with Crippen LogP contribution in [0.1, 0.15) is 18.9 Å². The van der Waals surface area contributed by atoms with Crippen molar-refractivity contribution in [1.29, 1.82) is 0 Å². The van der Waals surface area contributed by atoms with Gasteiger partial charge in [0.15, 0.2) is 0 Å². The number of anilines is 1. The van der Waals surface area contributed by atoms with E-state index in [1.807, 2.05) is 18.0 Å². The van der Waals surface area contributed by atoms with Crippen molar-refractivity contribution in [3.05, 3.63) is 36.0 Å². The molecule has 20 heavy (non-hydrogen) atoms. The number of benzene rings is 1. The molecule has 0 amide bonds. The van der Waals surface area contributed by atoms with Gasteiger partial charge in [0, 0.05) is 36.3 Å². The summed E-state index contributed by atoms with van der Waals surface area (Å²) in [5, 5.41) is 2.39. The van der Waals surface area contributed by atoms with Crippen molar-refractivity contribution in [1.82, 2.24) is 4.98 Å². The number of thioether (sulfide) groups is 1. The molecule has 1 aromatic heterocycles. The zero-order chi connectivity index (χ0) is 14.5. The van der Waals surface area contributed by atoms with Crippen molar-refractivity contribution < 1.29 is 0 Å². The molecule has 2 aromatic rings. The smallest absolute Gasteiger partial charge is 0.136 e. The van der Waals surface area contributed by atoms with Gasteiger partial charge in [0.05, 0.1) is 0 Å². The molecule has 108 valence electrons. The third-order valence-corrected chi connectivity index (χ3v) is 4.72. The maximum absolute atomic E-state index is 6.02. The average Bonchev–Trinajstić information content (AvgIpc) is 2.50. The first-order chi connectivity index (χ1) is 9.72. The Morgan fingerprint density at radius 3 is 2.60 bits per heavy atom. The lowest BCUT2D eigenvalue weighted by molar-refractivity contribution is 0.668. The van der Waals surface area contributed by atoms with Gasteiger partial charge in [0.2, 0.25) is 0 Å². The highest BCUT2D eigenvalue weighted by atomic mass is 35.5. The summed E-state index contributed by atoms with van der Waals surface area (Å²) in [6, 6.07) is 8.89. The normalized spacial score (nSPS) is 12.6. The summed E-state index contributed by atoms with van der Waals surface area (Å²) >= 11 is 7.90. The zero-order valence-electron chi connectivity index (χ0n) is 12.3. The van der Waals surface area contributed by atoms with Crippen molar-refractivity contribution in [3.8, 4) is 0 Å². The van der Waals surface area contributed by atoms with Gasteiger partial charge in [-0.05, 0) is 23.6 Å². The Morgan fingerprint density at radius 2 is 2.00 bits per heavy atom. The van der Waals surface area contributed by atoms with Gasteiger partial charge in [-0.15, -0.1) is 11.6 Å². The Kier molecular flexibility index (Phi) is 5.55. The van der Waals surface area contributed by atoms with Crippen LogP contribution in [0.4, 0.5) is 5.82 Å². The summed E-state index contributed by atoms with van der Waals surface area (Å²) in [5.41, 5.74) is 1.09. The fourth-order valence-electron chi connectivity index (χ4n) is 2.49. The van der Waals surface area contributed by atoms with E-state index in [4.69, 9.17) is 11.6 Å². The summed E-state index contributed by atoms with van der Waals surface area (Å²) in [5.74, 6) is 2.66. The number of aromatic nitrogens is 1. The summed E-state index contributed by atoms with van der Waals surface area (Å²) in [4.78, 5) is 6.96. The number of alkyl halides is 1. The molecule has 1 unspecified atom stereocenters. The van der Waals surface area contributed by atoms with Crippen LogP contribution in [-0.2, 0) is 5.88 Å². The zero-order valence-corrected chi connectivity index (χ0v) is 13.8. The topological polar surface area (TPSA) is 16.1 Å². The predicted molar refractivity (Wildman–Crippen MR) is 92.2 cm³/mol. The van der Waals surface area contributed by atoms with Gasteiger partial charge in [0.25, 0.3) is 0 Å². The molecule has 0 N–H and O–H groups in total. The maximum Gasteiger partial charge on any atom is 0.136 e. The fraction of sp³-hybridized carbons (Fsp3) is 0.438. The van der Waals surface area contributed by atoms with Crippen molar-refractivity contribution in [2.75, 3.05) is 24.0 Å². The Bertz CT molecular complexity index is 573. The van der Waals surface area contributed by atoms with Gasteiger partial charge in [-0.1, -0.05) is 31.2 Å². The van der Waals surface area contributed by atoms with Crippen molar-refractivity contribution in [2.45, 2.75) is 25.3 Å². The molecule has 4 heteroatoms. The molecule has 0 aliphatic carbocycles. The highest BCUT2D eigenvalue weighted by Crippen LogP contribution is 2.29.